The van der Waals surface area contributed by atoms with E-state index in [0.29, 0.717) is 51.7 Å². The third kappa shape index (κ3) is 4.66. The van der Waals surface area contributed by atoms with Crippen molar-refractivity contribution in [2.45, 2.75) is 76.4 Å². The van der Waals surface area contributed by atoms with Crippen LogP contribution in [0, 0.1) is 18.2 Å². The molecule has 3 heterocycles. The summed E-state index contributed by atoms with van der Waals surface area (Å²) in [5.74, 6) is 1.48. The lowest BCUT2D eigenvalue weighted by Crippen LogP contribution is -2.49. The van der Waals surface area contributed by atoms with Crippen molar-refractivity contribution < 1.29 is 18.4 Å². The molecular weight excluding hydrogens is 552 g/mol. The van der Waals surface area contributed by atoms with Crippen LogP contribution in [0.4, 0.5) is 4.39 Å². The van der Waals surface area contributed by atoms with Gasteiger partial charge in [-0.25, -0.2) is 4.39 Å². The molecule has 1 aromatic carbocycles. The van der Waals surface area contributed by atoms with Gasteiger partial charge in [0.15, 0.2) is 5.82 Å². The maximum Gasteiger partial charge on any atom is 0.153 e. The minimum absolute atomic E-state index is 0.0835. The lowest BCUT2D eigenvalue weighted by Gasteiger charge is -2.52. The van der Waals surface area contributed by atoms with Crippen LogP contribution in [-0.4, -0.2) is 27.3 Å². The number of aromatic nitrogens is 3. The van der Waals surface area contributed by atoms with Gasteiger partial charge in [0.05, 0.1) is 28.9 Å². The maximum atomic E-state index is 14.7. The Balaban J connectivity index is 1.04. The maximum absolute atomic E-state index is 14.7. The van der Waals surface area contributed by atoms with Crippen molar-refractivity contribution in [3.63, 3.8) is 0 Å². The number of hydrogen-bond donors (Lipinski definition) is 0. The van der Waals surface area contributed by atoms with E-state index in [4.69, 9.17) is 37.2 Å². The molecule has 0 aliphatic heterocycles. The smallest absolute Gasteiger partial charge is 0.153 e. The van der Waals surface area contributed by atoms with Crippen LogP contribution in [0.5, 0.6) is 5.75 Å². The number of hydrogen-bond acceptors (Lipinski definition) is 6. The first-order valence-electron chi connectivity index (χ1n) is 13.9. The molecule has 4 aliphatic rings. The molecule has 4 fully saturated rings. The molecule has 9 heteroatoms. The van der Waals surface area contributed by atoms with Crippen LogP contribution in [0.25, 0.3) is 22.2 Å². The van der Waals surface area contributed by atoms with Gasteiger partial charge in [-0.3, -0.25) is 9.97 Å². The van der Waals surface area contributed by atoms with Gasteiger partial charge in [-0.15, -0.1) is 0 Å². The zero-order chi connectivity index (χ0) is 27.5. The highest BCUT2D eigenvalue weighted by Crippen LogP contribution is 2.55. The second-order valence-electron chi connectivity index (χ2n) is 11.8. The van der Waals surface area contributed by atoms with E-state index in [1.807, 2.05) is 19.1 Å². The van der Waals surface area contributed by atoms with Crippen molar-refractivity contribution in [1.29, 1.82) is 0 Å². The first kappa shape index (κ1) is 26.2. The Morgan fingerprint density at radius 3 is 2.48 bits per heavy atom. The minimum Gasteiger partial charge on any atom is -0.493 e. The Kier molecular flexibility index (Phi) is 6.52. The van der Waals surface area contributed by atoms with Crippen LogP contribution >= 0.6 is 23.2 Å². The number of pyridine rings is 2. The predicted molar refractivity (Wildman–Crippen MR) is 151 cm³/mol. The van der Waals surface area contributed by atoms with E-state index in [9.17, 15) is 4.39 Å². The van der Waals surface area contributed by atoms with Crippen LogP contribution < -0.4 is 4.74 Å². The van der Waals surface area contributed by atoms with Gasteiger partial charge in [0.25, 0.3) is 0 Å². The minimum atomic E-state index is -0.346. The van der Waals surface area contributed by atoms with Gasteiger partial charge in [-0.05, 0) is 76.0 Å². The molecule has 0 saturated heterocycles. The summed E-state index contributed by atoms with van der Waals surface area (Å²) in [6.07, 6.45) is 12.9. The molecule has 0 amide bonds. The highest BCUT2D eigenvalue weighted by Gasteiger charge is 2.50. The highest BCUT2D eigenvalue weighted by molar-refractivity contribution is 6.38. The van der Waals surface area contributed by atoms with Crippen LogP contribution in [0.15, 0.2) is 41.3 Å². The monoisotopic (exact) mass is 581 g/mol. The molecule has 8 rings (SSSR count). The fourth-order valence-corrected chi connectivity index (χ4v) is 7.03. The van der Waals surface area contributed by atoms with Crippen LogP contribution in [0.1, 0.15) is 74.2 Å². The molecule has 0 spiro atoms. The van der Waals surface area contributed by atoms with Crippen LogP contribution in [0.3, 0.4) is 0 Å². The summed E-state index contributed by atoms with van der Waals surface area (Å²) in [5.41, 5.74) is 3.51. The third-order valence-electron chi connectivity index (χ3n) is 9.25. The number of ether oxygens (including phenoxy) is 2. The second-order valence-corrected chi connectivity index (χ2v) is 12.6. The van der Waals surface area contributed by atoms with E-state index < -0.39 is 0 Å². The normalized spacial score (nSPS) is 24.1. The number of halogens is 3. The lowest BCUT2D eigenvalue weighted by molar-refractivity contribution is -0.150. The summed E-state index contributed by atoms with van der Waals surface area (Å²) in [6.45, 7) is 2.95. The summed E-state index contributed by atoms with van der Waals surface area (Å²) in [6, 6.07) is 5.26. The average Bonchev–Trinajstić information content (AvgIpc) is 3.72. The van der Waals surface area contributed by atoms with Gasteiger partial charge < -0.3 is 14.0 Å². The van der Waals surface area contributed by atoms with Gasteiger partial charge in [0.1, 0.15) is 22.7 Å². The van der Waals surface area contributed by atoms with Crippen molar-refractivity contribution in [2.75, 3.05) is 6.61 Å². The van der Waals surface area contributed by atoms with Crippen LogP contribution in [-0.2, 0) is 11.3 Å². The molecule has 208 valence electrons. The van der Waals surface area contributed by atoms with Gasteiger partial charge in [-0.2, -0.15) is 0 Å². The van der Waals surface area contributed by atoms with Crippen molar-refractivity contribution in [3.05, 3.63) is 69.5 Å². The first-order valence-corrected chi connectivity index (χ1v) is 14.7. The molecule has 0 N–H and O–H groups in total. The molecule has 0 atom stereocenters. The zero-order valence-corrected chi connectivity index (χ0v) is 23.8. The lowest BCUT2D eigenvalue weighted by atomic mass is 9.59. The molecule has 2 bridgehead atoms. The molecule has 40 heavy (non-hydrogen) atoms. The molecule has 4 aliphatic carbocycles. The fourth-order valence-electron chi connectivity index (χ4n) is 6.49. The zero-order valence-electron chi connectivity index (χ0n) is 22.3. The molecular formula is C31H30Cl2FN3O3. The first-order chi connectivity index (χ1) is 19.4. The van der Waals surface area contributed by atoms with Crippen LogP contribution in [0.2, 0.25) is 10.0 Å². The Hall–Kier alpha value is -2.74. The van der Waals surface area contributed by atoms with E-state index >= 15 is 0 Å². The Morgan fingerprint density at radius 2 is 1.77 bits per heavy atom. The number of aryl methyl sites for hydroxylation is 1. The van der Waals surface area contributed by atoms with E-state index in [2.05, 4.69) is 15.1 Å². The molecule has 0 radical (unpaired) electrons. The standard InChI is InChI=1S/C31H30Cl2FN3O3/c1-18-4-11-36-27-21(18)12-20(13-25(27)34)38-17-30-5-8-31(9-6-30,10-7-30)39-16-22-28(37-40-29(22)19-2-3-19)26-23(32)14-35-15-24(26)33/h4,11-15,19H,2-3,5-10,16-17H2,1H3. The summed E-state index contributed by atoms with van der Waals surface area (Å²) in [4.78, 5) is 8.27. The van der Waals surface area contributed by atoms with Crippen molar-refractivity contribution in [3.8, 4) is 17.0 Å². The summed E-state index contributed by atoms with van der Waals surface area (Å²) < 4.78 is 33.5. The van der Waals surface area contributed by atoms with E-state index in [1.165, 1.54) is 6.07 Å². The topological polar surface area (TPSA) is 70.3 Å². The number of benzene rings is 1. The molecule has 6 nitrogen and oxygen atoms in total. The molecule has 4 aromatic rings. The van der Waals surface area contributed by atoms with Crippen molar-refractivity contribution >= 4 is 34.1 Å². The molecule has 4 saturated carbocycles. The Morgan fingerprint density at radius 1 is 1.05 bits per heavy atom. The molecule has 3 aromatic heterocycles. The SMILES string of the molecule is Cc1ccnc2c(F)cc(OCC34CCC(OCc5c(-c6c(Cl)cncc6Cl)noc5C5CC5)(CC3)CC4)cc12. The highest BCUT2D eigenvalue weighted by atomic mass is 35.5. The van der Waals surface area contributed by atoms with Gasteiger partial charge in [0, 0.05) is 52.5 Å². The third-order valence-corrected chi connectivity index (χ3v) is 9.82. The predicted octanol–water partition coefficient (Wildman–Crippen LogP) is 8.61. The van der Waals surface area contributed by atoms with E-state index in [1.54, 1.807) is 18.6 Å². The average molecular weight is 583 g/mol. The Labute approximate surface area is 242 Å². The second kappa shape index (κ2) is 9.97. The Bertz CT molecular complexity index is 1560. The van der Waals surface area contributed by atoms with Gasteiger partial charge in [0.2, 0.25) is 0 Å². The van der Waals surface area contributed by atoms with Crippen molar-refractivity contribution in [2.24, 2.45) is 5.41 Å². The fraction of sp³-hybridized carbons (Fsp3) is 0.452. The quantitative estimate of drug-likeness (QED) is 0.207. The van der Waals surface area contributed by atoms with Crippen molar-refractivity contribution in [1.82, 2.24) is 15.1 Å². The number of nitrogens with zero attached hydrogens (tertiary/aromatic N) is 3. The number of rotatable bonds is 8. The van der Waals surface area contributed by atoms with Gasteiger partial charge in [-0.1, -0.05) is 28.4 Å². The summed E-state index contributed by atoms with van der Waals surface area (Å²) in [7, 11) is 0. The largest absolute Gasteiger partial charge is 0.493 e. The van der Waals surface area contributed by atoms with E-state index in [0.717, 1.165) is 73.6 Å². The summed E-state index contributed by atoms with van der Waals surface area (Å²) in [5, 5.41) is 6.07. The number of fused-ring (bicyclic) bond motifs is 4. The summed E-state index contributed by atoms with van der Waals surface area (Å²) >= 11 is 13.0. The van der Waals surface area contributed by atoms with E-state index in [-0.39, 0.29) is 16.8 Å². The molecule has 0 unspecified atom stereocenters. The van der Waals surface area contributed by atoms with Gasteiger partial charge >= 0.3 is 0 Å².